The van der Waals surface area contributed by atoms with Crippen LogP contribution in [0.3, 0.4) is 0 Å². The maximum Gasteiger partial charge on any atom is 0.243 e. The minimum absolute atomic E-state index is 0.0210. The minimum atomic E-state index is -0.302. The highest BCUT2D eigenvalue weighted by Crippen LogP contribution is 2.28. The van der Waals surface area contributed by atoms with Gasteiger partial charge in [0.25, 0.3) is 0 Å². The highest BCUT2D eigenvalue weighted by molar-refractivity contribution is 5.89. The fraction of sp³-hybridized carbons (Fsp3) is 0.522. The molecule has 29 heavy (non-hydrogen) atoms. The summed E-state index contributed by atoms with van der Waals surface area (Å²) in [4.78, 5) is 27.5. The molecule has 1 N–H and O–H groups in total. The Morgan fingerprint density at radius 3 is 2.48 bits per heavy atom. The van der Waals surface area contributed by atoms with Gasteiger partial charge >= 0.3 is 0 Å². The molecule has 2 aromatic rings. The summed E-state index contributed by atoms with van der Waals surface area (Å²) in [5, 5.41) is 7.26. The minimum Gasteiger partial charge on any atom is -0.350 e. The summed E-state index contributed by atoms with van der Waals surface area (Å²) in [6, 6.07) is 9.82. The van der Waals surface area contributed by atoms with E-state index in [1.165, 1.54) is 12.0 Å². The van der Waals surface area contributed by atoms with Gasteiger partial charge in [0, 0.05) is 31.4 Å². The van der Waals surface area contributed by atoms with Gasteiger partial charge in [0.1, 0.15) is 6.04 Å². The fourth-order valence-electron chi connectivity index (χ4n) is 4.54. The molecule has 1 saturated carbocycles. The van der Waals surface area contributed by atoms with Crippen molar-refractivity contribution in [3.05, 3.63) is 53.9 Å². The molecule has 1 atom stereocenters. The summed E-state index contributed by atoms with van der Waals surface area (Å²) in [7, 11) is 0. The number of carbonyl (C=O) groups is 2. The van der Waals surface area contributed by atoms with E-state index < -0.39 is 0 Å². The van der Waals surface area contributed by atoms with Crippen LogP contribution >= 0.6 is 0 Å². The van der Waals surface area contributed by atoms with Gasteiger partial charge in [-0.1, -0.05) is 43.5 Å². The van der Waals surface area contributed by atoms with Crippen LogP contribution < -0.4 is 5.32 Å². The first-order valence-electron chi connectivity index (χ1n) is 10.8. The maximum absolute atomic E-state index is 12.9. The zero-order valence-electron chi connectivity index (χ0n) is 16.9. The van der Waals surface area contributed by atoms with Crippen molar-refractivity contribution in [2.24, 2.45) is 5.92 Å². The molecule has 0 bridgehead atoms. The topological polar surface area (TPSA) is 67.2 Å². The SMILES string of the molecule is O=C(NCc1ccc(Cn2cccn2)cc1)C1CCCN1C(=O)C1CCCCC1. The van der Waals surface area contributed by atoms with Crippen LogP contribution in [0.4, 0.5) is 0 Å². The average molecular weight is 395 g/mol. The van der Waals surface area contributed by atoms with Crippen LogP contribution in [0.1, 0.15) is 56.1 Å². The van der Waals surface area contributed by atoms with Crippen molar-refractivity contribution in [1.82, 2.24) is 20.0 Å². The number of nitrogens with zero attached hydrogens (tertiary/aromatic N) is 3. The van der Waals surface area contributed by atoms with Crippen molar-refractivity contribution in [3.63, 3.8) is 0 Å². The van der Waals surface area contributed by atoms with Gasteiger partial charge in [-0.15, -0.1) is 0 Å². The Hall–Kier alpha value is -2.63. The molecule has 6 heteroatoms. The lowest BCUT2D eigenvalue weighted by Crippen LogP contribution is -2.47. The normalized spacial score (nSPS) is 20.0. The summed E-state index contributed by atoms with van der Waals surface area (Å²) in [6.45, 7) is 1.94. The van der Waals surface area contributed by atoms with E-state index >= 15 is 0 Å². The highest BCUT2D eigenvalue weighted by atomic mass is 16.2. The summed E-state index contributed by atoms with van der Waals surface area (Å²) in [5.41, 5.74) is 2.23. The molecule has 6 nitrogen and oxygen atoms in total. The molecule has 2 aliphatic rings. The summed E-state index contributed by atoms with van der Waals surface area (Å²) >= 11 is 0. The number of rotatable bonds is 6. The Morgan fingerprint density at radius 1 is 1.00 bits per heavy atom. The second-order valence-electron chi connectivity index (χ2n) is 8.26. The summed E-state index contributed by atoms with van der Waals surface area (Å²) in [6.07, 6.45) is 10.9. The van der Waals surface area contributed by atoms with Crippen LogP contribution in [0, 0.1) is 5.92 Å². The number of aromatic nitrogens is 2. The number of carbonyl (C=O) groups excluding carboxylic acids is 2. The van der Waals surface area contributed by atoms with E-state index in [9.17, 15) is 9.59 Å². The number of benzene rings is 1. The van der Waals surface area contributed by atoms with Crippen molar-refractivity contribution in [1.29, 1.82) is 0 Å². The Morgan fingerprint density at radius 2 is 1.76 bits per heavy atom. The number of hydrogen-bond acceptors (Lipinski definition) is 3. The van der Waals surface area contributed by atoms with E-state index in [4.69, 9.17) is 0 Å². The molecule has 1 aliphatic carbocycles. The van der Waals surface area contributed by atoms with Gasteiger partial charge in [0.15, 0.2) is 0 Å². The van der Waals surface area contributed by atoms with Gasteiger partial charge in [0.05, 0.1) is 6.54 Å². The third-order valence-electron chi connectivity index (χ3n) is 6.19. The van der Waals surface area contributed by atoms with E-state index in [0.29, 0.717) is 6.54 Å². The van der Waals surface area contributed by atoms with E-state index in [2.05, 4.69) is 22.5 Å². The second kappa shape index (κ2) is 9.25. The molecule has 0 spiro atoms. The van der Waals surface area contributed by atoms with Crippen LogP contribution in [0.2, 0.25) is 0 Å². The number of amides is 2. The van der Waals surface area contributed by atoms with Crippen molar-refractivity contribution < 1.29 is 9.59 Å². The maximum atomic E-state index is 12.9. The van der Waals surface area contributed by atoms with Crippen LogP contribution in [0.5, 0.6) is 0 Å². The van der Waals surface area contributed by atoms with Crippen molar-refractivity contribution in [3.8, 4) is 0 Å². The molecule has 1 aromatic heterocycles. The van der Waals surface area contributed by atoms with Crippen LogP contribution in [-0.4, -0.2) is 39.1 Å². The number of likely N-dealkylation sites (tertiary alicyclic amines) is 1. The molecule has 1 saturated heterocycles. The molecular weight excluding hydrogens is 364 g/mol. The van der Waals surface area contributed by atoms with Crippen LogP contribution in [-0.2, 0) is 22.7 Å². The summed E-state index contributed by atoms with van der Waals surface area (Å²) in [5.74, 6) is 0.303. The van der Waals surface area contributed by atoms with Gasteiger partial charge in [-0.3, -0.25) is 14.3 Å². The number of nitrogens with one attached hydrogen (secondary N) is 1. The quantitative estimate of drug-likeness (QED) is 0.819. The smallest absolute Gasteiger partial charge is 0.243 e. The fourth-order valence-corrected chi connectivity index (χ4v) is 4.54. The largest absolute Gasteiger partial charge is 0.350 e. The van der Waals surface area contributed by atoms with E-state index in [1.54, 1.807) is 6.20 Å². The molecule has 1 aliphatic heterocycles. The van der Waals surface area contributed by atoms with Crippen molar-refractivity contribution >= 4 is 11.8 Å². The average Bonchev–Trinajstić information content (AvgIpc) is 3.45. The molecule has 1 aromatic carbocycles. The molecule has 2 fully saturated rings. The Balaban J connectivity index is 1.29. The molecule has 2 amide bonds. The Bertz CT molecular complexity index is 810. The molecule has 1 unspecified atom stereocenters. The zero-order chi connectivity index (χ0) is 20.1. The summed E-state index contributed by atoms with van der Waals surface area (Å²) < 4.78 is 1.88. The monoisotopic (exact) mass is 394 g/mol. The lowest BCUT2D eigenvalue weighted by atomic mass is 9.88. The second-order valence-corrected chi connectivity index (χ2v) is 8.26. The highest BCUT2D eigenvalue weighted by Gasteiger charge is 2.37. The Kier molecular flexibility index (Phi) is 6.27. The molecule has 0 radical (unpaired) electrons. The van der Waals surface area contributed by atoms with Gasteiger partial charge < -0.3 is 10.2 Å². The van der Waals surface area contributed by atoms with Gasteiger partial charge in [-0.2, -0.15) is 5.10 Å². The van der Waals surface area contributed by atoms with Crippen molar-refractivity contribution in [2.75, 3.05) is 6.54 Å². The molecule has 2 heterocycles. The Labute approximate surface area is 172 Å². The third kappa shape index (κ3) is 4.86. The first kappa shape index (κ1) is 19.7. The van der Waals surface area contributed by atoms with E-state index in [0.717, 1.165) is 57.2 Å². The predicted octanol–water partition coefficient (Wildman–Crippen LogP) is 3.12. The first-order chi connectivity index (χ1) is 14.2. The lowest BCUT2D eigenvalue weighted by molar-refractivity contribution is -0.142. The first-order valence-corrected chi connectivity index (χ1v) is 10.8. The predicted molar refractivity (Wildman–Crippen MR) is 111 cm³/mol. The van der Waals surface area contributed by atoms with Crippen LogP contribution in [0.25, 0.3) is 0 Å². The van der Waals surface area contributed by atoms with Gasteiger partial charge in [-0.25, -0.2) is 0 Å². The van der Waals surface area contributed by atoms with Crippen molar-refractivity contribution in [2.45, 2.75) is 64.1 Å². The van der Waals surface area contributed by atoms with Gasteiger partial charge in [0.2, 0.25) is 11.8 Å². The van der Waals surface area contributed by atoms with Gasteiger partial charge in [-0.05, 0) is 42.9 Å². The standard InChI is InChI=1S/C23H30N4O2/c28-22(21-8-4-15-27(21)23(29)20-6-2-1-3-7-20)24-16-18-9-11-19(12-10-18)17-26-14-5-13-25-26/h5,9-14,20-21H,1-4,6-8,15-17H2,(H,24,28). The van der Waals surface area contributed by atoms with E-state index in [1.807, 2.05) is 34.0 Å². The number of hydrogen-bond donors (Lipinski definition) is 1. The molecule has 154 valence electrons. The zero-order valence-corrected chi connectivity index (χ0v) is 16.9. The van der Waals surface area contributed by atoms with E-state index in [-0.39, 0.29) is 23.8 Å². The molecular formula is C23H30N4O2. The third-order valence-corrected chi connectivity index (χ3v) is 6.19. The van der Waals surface area contributed by atoms with Crippen LogP contribution in [0.15, 0.2) is 42.7 Å². The lowest BCUT2D eigenvalue weighted by Gasteiger charge is -2.30. The molecule has 4 rings (SSSR count).